The molecule has 1 aliphatic heterocycles. The van der Waals surface area contributed by atoms with Gasteiger partial charge in [0.1, 0.15) is 0 Å². The zero-order chi connectivity index (χ0) is 20.7. The maximum absolute atomic E-state index is 13.7. The maximum Gasteiger partial charge on any atom is 0.268 e. The minimum Gasteiger partial charge on any atom is -0.380 e. The highest BCUT2D eigenvalue weighted by Gasteiger charge is 2.28. The summed E-state index contributed by atoms with van der Waals surface area (Å²) in [6, 6.07) is 10.9. The molecule has 6 nitrogen and oxygen atoms in total. The van der Waals surface area contributed by atoms with Crippen LogP contribution in [0.2, 0.25) is 0 Å². The van der Waals surface area contributed by atoms with Crippen molar-refractivity contribution in [3.63, 3.8) is 0 Å². The predicted molar refractivity (Wildman–Crippen MR) is 118 cm³/mol. The average molecular weight is 426 g/mol. The van der Waals surface area contributed by atoms with Crippen LogP contribution in [0.4, 0.5) is 5.69 Å². The van der Waals surface area contributed by atoms with Gasteiger partial charge in [0.05, 0.1) is 22.0 Å². The van der Waals surface area contributed by atoms with E-state index in [9.17, 15) is 8.42 Å². The molecular weight excluding hydrogens is 398 g/mol. The molecule has 0 unspecified atom stereocenters. The smallest absolute Gasteiger partial charge is 0.268 e. The lowest BCUT2D eigenvalue weighted by molar-refractivity contribution is 0.121. The van der Waals surface area contributed by atoms with Crippen LogP contribution in [0, 0.1) is 0 Å². The Kier molecular flexibility index (Phi) is 5.03. The van der Waals surface area contributed by atoms with Gasteiger partial charge in [0.2, 0.25) is 0 Å². The van der Waals surface area contributed by atoms with E-state index in [1.54, 1.807) is 31.5 Å². The van der Waals surface area contributed by atoms with Gasteiger partial charge < -0.3 is 9.64 Å². The highest BCUT2D eigenvalue weighted by atomic mass is 32.2. The number of methoxy groups -OCH3 is 1. The summed E-state index contributed by atoms with van der Waals surface area (Å²) in [5.41, 5.74) is 3.45. The van der Waals surface area contributed by atoms with Gasteiger partial charge in [0.15, 0.2) is 0 Å². The third kappa shape index (κ3) is 3.30. The van der Waals surface area contributed by atoms with E-state index in [1.807, 2.05) is 24.4 Å². The summed E-state index contributed by atoms with van der Waals surface area (Å²) >= 11 is 0. The molecule has 1 aromatic carbocycles. The number of pyridine rings is 1. The van der Waals surface area contributed by atoms with Gasteiger partial charge in [-0.2, -0.15) is 0 Å². The Bertz CT molecular complexity index is 1170. The minimum atomic E-state index is -3.73. The predicted octanol–water partition coefficient (Wildman–Crippen LogP) is 4.16. The molecule has 158 valence electrons. The number of fused-ring (bicyclic) bond motifs is 1. The number of ether oxygens (including phenoxy) is 1. The van der Waals surface area contributed by atoms with Gasteiger partial charge in [-0.05, 0) is 55.5 Å². The monoisotopic (exact) mass is 425 g/mol. The molecule has 3 heterocycles. The number of anilines is 1. The maximum atomic E-state index is 13.7. The van der Waals surface area contributed by atoms with E-state index < -0.39 is 10.0 Å². The number of nitrogens with zero attached hydrogens (tertiary/aromatic N) is 3. The number of aromatic nitrogens is 2. The summed E-state index contributed by atoms with van der Waals surface area (Å²) in [4.78, 5) is 7.04. The molecule has 1 atom stereocenters. The van der Waals surface area contributed by atoms with Crippen molar-refractivity contribution in [2.75, 3.05) is 25.1 Å². The zero-order valence-electron chi connectivity index (χ0n) is 17.2. The van der Waals surface area contributed by atoms with Gasteiger partial charge in [-0.1, -0.05) is 18.9 Å². The third-order valence-corrected chi connectivity index (χ3v) is 8.24. The number of rotatable bonds is 5. The molecular formula is C23H27N3O3S. The second-order valence-electron chi connectivity index (χ2n) is 8.33. The summed E-state index contributed by atoms with van der Waals surface area (Å²) in [6.45, 7) is 1.65. The normalized spacial score (nSPS) is 20.4. The zero-order valence-corrected chi connectivity index (χ0v) is 18.0. The fourth-order valence-corrected chi connectivity index (χ4v) is 6.30. The van der Waals surface area contributed by atoms with Crippen LogP contribution >= 0.6 is 0 Å². The van der Waals surface area contributed by atoms with Crippen molar-refractivity contribution in [2.24, 2.45) is 0 Å². The van der Waals surface area contributed by atoms with Crippen LogP contribution in [0.3, 0.4) is 0 Å². The summed E-state index contributed by atoms with van der Waals surface area (Å²) in [5, 5.41) is 0. The first-order valence-corrected chi connectivity index (χ1v) is 12.1. The fourth-order valence-electron chi connectivity index (χ4n) is 4.90. The molecule has 1 saturated carbocycles. The van der Waals surface area contributed by atoms with E-state index in [1.165, 1.54) is 16.8 Å². The second kappa shape index (κ2) is 7.71. The van der Waals surface area contributed by atoms with Gasteiger partial charge in [0.25, 0.3) is 10.0 Å². The fraction of sp³-hybridized carbons (Fsp3) is 0.435. The third-order valence-electron chi connectivity index (χ3n) is 6.57. The molecule has 30 heavy (non-hydrogen) atoms. The molecule has 5 rings (SSSR count). The van der Waals surface area contributed by atoms with E-state index in [2.05, 4.69) is 9.88 Å². The van der Waals surface area contributed by atoms with Crippen molar-refractivity contribution in [2.45, 2.75) is 49.0 Å². The first kappa shape index (κ1) is 19.6. The molecule has 1 saturated heterocycles. The molecule has 0 radical (unpaired) electrons. The largest absolute Gasteiger partial charge is 0.380 e. The van der Waals surface area contributed by atoms with Gasteiger partial charge in [0, 0.05) is 43.8 Å². The van der Waals surface area contributed by atoms with Crippen molar-refractivity contribution in [3.05, 3.63) is 54.4 Å². The van der Waals surface area contributed by atoms with Crippen molar-refractivity contribution in [1.82, 2.24) is 8.96 Å². The van der Waals surface area contributed by atoms with E-state index in [-0.39, 0.29) is 6.10 Å². The lowest BCUT2D eigenvalue weighted by Crippen LogP contribution is -2.22. The van der Waals surface area contributed by atoms with Gasteiger partial charge >= 0.3 is 0 Å². The first-order valence-electron chi connectivity index (χ1n) is 10.7. The van der Waals surface area contributed by atoms with Crippen LogP contribution in [-0.2, 0) is 14.8 Å². The van der Waals surface area contributed by atoms with E-state index in [0.29, 0.717) is 16.3 Å². The summed E-state index contributed by atoms with van der Waals surface area (Å²) in [7, 11) is -2.00. The van der Waals surface area contributed by atoms with Gasteiger partial charge in [-0.3, -0.25) is 4.98 Å². The first-order chi connectivity index (χ1) is 14.6. The summed E-state index contributed by atoms with van der Waals surface area (Å²) in [5.74, 6) is 0.390. The molecule has 1 aliphatic carbocycles. The van der Waals surface area contributed by atoms with Crippen molar-refractivity contribution < 1.29 is 13.2 Å². The molecule has 0 N–H and O–H groups in total. The summed E-state index contributed by atoms with van der Waals surface area (Å²) in [6.07, 6.45) is 9.28. The Morgan fingerprint density at radius 2 is 1.93 bits per heavy atom. The standard InChI is InChI=1S/C23H27N3O3S/c1-29-19-11-13-25(15-19)18-8-4-9-20(14-18)30(27,28)26-16-21(17-6-2-3-7-17)23-22(26)10-5-12-24-23/h4-5,8-10,12,14,16-17,19H,2-3,6-7,11,13,15H2,1H3/t19-/m0/s1. The van der Waals surface area contributed by atoms with Crippen molar-refractivity contribution >= 4 is 26.7 Å². The van der Waals surface area contributed by atoms with E-state index in [4.69, 9.17) is 4.74 Å². The Balaban J connectivity index is 1.56. The van der Waals surface area contributed by atoms with Crippen LogP contribution in [0.25, 0.3) is 11.0 Å². The average Bonchev–Trinajstić information content (AvgIpc) is 3.53. The summed E-state index contributed by atoms with van der Waals surface area (Å²) < 4.78 is 34.2. The molecule has 0 bridgehead atoms. The Morgan fingerprint density at radius 3 is 2.70 bits per heavy atom. The number of benzene rings is 1. The van der Waals surface area contributed by atoms with Gasteiger partial charge in [-0.25, -0.2) is 12.4 Å². The molecule has 2 fully saturated rings. The molecule has 3 aromatic rings. The highest BCUT2D eigenvalue weighted by molar-refractivity contribution is 7.90. The van der Waals surface area contributed by atoms with Crippen LogP contribution in [0.1, 0.15) is 43.6 Å². The molecule has 0 amide bonds. The Morgan fingerprint density at radius 1 is 1.10 bits per heavy atom. The van der Waals surface area contributed by atoms with Gasteiger partial charge in [-0.15, -0.1) is 0 Å². The second-order valence-corrected chi connectivity index (χ2v) is 10.1. The highest BCUT2D eigenvalue weighted by Crippen LogP contribution is 2.39. The molecule has 0 spiro atoms. The Labute approximate surface area is 177 Å². The quantitative estimate of drug-likeness (QED) is 0.614. The minimum absolute atomic E-state index is 0.193. The lowest BCUT2D eigenvalue weighted by atomic mass is 10.00. The van der Waals surface area contributed by atoms with Crippen LogP contribution < -0.4 is 4.90 Å². The number of hydrogen-bond donors (Lipinski definition) is 0. The molecule has 7 heteroatoms. The van der Waals surface area contributed by atoms with Crippen LogP contribution in [-0.4, -0.2) is 43.7 Å². The molecule has 2 aliphatic rings. The van der Waals surface area contributed by atoms with Crippen LogP contribution in [0.5, 0.6) is 0 Å². The van der Waals surface area contributed by atoms with Crippen molar-refractivity contribution in [1.29, 1.82) is 0 Å². The SMILES string of the molecule is CO[C@H]1CCN(c2cccc(S(=O)(=O)n3cc(C4CCCC4)c4ncccc43)c2)C1. The number of hydrogen-bond acceptors (Lipinski definition) is 5. The van der Waals surface area contributed by atoms with Crippen LogP contribution in [0.15, 0.2) is 53.7 Å². The van der Waals surface area contributed by atoms with E-state index >= 15 is 0 Å². The topological polar surface area (TPSA) is 64.4 Å². The lowest BCUT2D eigenvalue weighted by Gasteiger charge is -2.19. The van der Waals surface area contributed by atoms with Crippen molar-refractivity contribution in [3.8, 4) is 0 Å². The molecule has 2 aromatic heterocycles. The Hall–Kier alpha value is -2.38. The van der Waals surface area contributed by atoms with E-state index in [0.717, 1.165) is 49.1 Å².